The molecule has 4 nitrogen and oxygen atoms in total. The Labute approximate surface area is 114 Å². The van der Waals surface area contributed by atoms with Gasteiger partial charge in [-0.25, -0.2) is 4.98 Å². The maximum atomic E-state index is 5.97. The number of hydrogen-bond acceptors (Lipinski definition) is 3. The summed E-state index contributed by atoms with van der Waals surface area (Å²) in [6.07, 6.45) is 4.23. The zero-order valence-corrected chi connectivity index (χ0v) is 12.3. The van der Waals surface area contributed by atoms with Crippen LogP contribution in [0.25, 0.3) is 0 Å². The van der Waals surface area contributed by atoms with E-state index in [1.54, 1.807) is 6.20 Å². The summed E-state index contributed by atoms with van der Waals surface area (Å²) in [6.45, 7) is 6.61. The molecule has 1 fully saturated rings. The molecule has 102 valence electrons. The smallest absolute Gasteiger partial charge is 0.128 e. The third kappa shape index (κ3) is 3.25. The first-order chi connectivity index (χ1) is 8.50. The van der Waals surface area contributed by atoms with Crippen molar-refractivity contribution in [2.75, 3.05) is 26.7 Å². The van der Waals surface area contributed by atoms with Crippen molar-refractivity contribution >= 4 is 11.6 Å². The summed E-state index contributed by atoms with van der Waals surface area (Å²) in [5.74, 6) is 0.997. The lowest BCUT2D eigenvalue weighted by molar-refractivity contribution is 0.136. The van der Waals surface area contributed by atoms with E-state index in [9.17, 15) is 0 Å². The van der Waals surface area contributed by atoms with E-state index in [2.05, 4.69) is 29.2 Å². The van der Waals surface area contributed by atoms with Gasteiger partial charge in [-0.05, 0) is 38.4 Å². The van der Waals surface area contributed by atoms with Gasteiger partial charge in [0.25, 0.3) is 0 Å². The highest BCUT2D eigenvalue weighted by molar-refractivity contribution is 6.29. The second-order valence-electron chi connectivity index (χ2n) is 5.77. The minimum atomic E-state index is 0.418. The summed E-state index contributed by atoms with van der Waals surface area (Å²) in [4.78, 5) is 6.70. The minimum absolute atomic E-state index is 0.418. The Bertz CT molecular complexity index is 394. The van der Waals surface area contributed by atoms with Crippen LogP contribution in [0, 0.1) is 5.41 Å². The maximum absolute atomic E-state index is 5.97. The molecule has 0 atom stereocenters. The molecule has 0 aromatic carbocycles. The molecule has 1 saturated heterocycles. The van der Waals surface area contributed by atoms with Gasteiger partial charge < -0.3 is 14.8 Å². The van der Waals surface area contributed by atoms with Crippen molar-refractivity contribution in [1.82, 2.24) is 19.8 Å². The van der Waals surface area contributed by atoms with Gasteiger partial charge in [-0.1, -0.05) is 18.5 Å². The molecule has 2 rings (SSSR count). The van der Waals surface area contributed by atoms with Gasteiger partial charge in [0, 0.05) is 13.6 Å². The molecule has 1 aliphatic heterocycles. The van der Waals surface area contributed by atoms with E-state index in [-0.39, 0.29) is 0 Å². The zero-order valence-electron chi connectivity index (χ0n) is 11.5. The highest BCUT2D eigenvalue weighted by atomic mass is 35.5. The van der Waals surface area contributed by atoms with Crippen LogP contribution in [0.3, 0.4) is 0 Å². The number of piperidine rings is 1. The van der Waals surface area contributed by atoms with Gasteiger partial charge in [-0.3, -0.25) is 0 Å². The summed E-state index contributed by atoms with van der Waals surface area (Å²) >= 11 is 5.97. The van der Waals surface area contributed by atoms with Crippen LogP contribution in [0.1, 0.15) is 25.6 Å². The van der Waals surface area contributed by atoms with Crippen LogP contribution in [0.4, 0.5) is 0 Å². The molecule has 0 aliphatic carbocycles. The predicted octanol–water partition coefficient (Wildman–Crippen LogP) is 1.89. The summed E-state index contributed by atoms with van der Waals surface area (Å²) in [6, 6.07) is 0. The normalized spacial score (nSPS) is 20.2. The number of nitrogens with one attached hydrogen (secondary N) is 1. The van der Waals surface area contributed by atoms with E-state index in [1.807, 2.05) is 11.6 Å². The van der Waals surface area contributed by atoms with E-state index in [0.29, 0.717) is 10.6 Å². The molecule has 0 saturated carbocycles. The molecule has 0 spiro atoms. The zero-order chi connectivity index (χ0) is 13.2. The molecule has 2 heterocycles. The molecule has 0 radical (unpaired) electrons. The number of rotatable bonds is 4. The minimum Gasteiger partial charge on any atom is -0.321 e. The number of aromatic nitrogens is 2. The summed E-state index contributed by atoms with van der Waals surface area (Å²) in [5.41, 5.74) is 0.418. The Morgan fingerprint density at radius 1 is 1.39 bits per heavy atom. The fraction of sp³-hybridized carbons (Fsp3) is 0.769. The first kappa shape index (κ1) is 13.8. The van der Waals surface area contributed by atoms with Gasteiger partial charge in [-0.15, -0.1) is 0 Å². The lowest BCUT2D eigenvalue weighted by atomic mass is 9.80. The van der Waals surface area contributed by atoms with Crippen LogP contribution < -0.4 is 5.32 Å². The van der Waals surface area contributed by atoms with Crippen molar-refractivity contribution in [3.8, 4) is 0 Å². The number of nitrogens with zero attached hydrogens (tertiary/aromatic N) is 3. The standard InChI is InChI=1S/C13H23ClN4/c1-13(4-6-17(2)7-5-13)10-15-9-12-16-8-11(14)18(12)3/h8,15H,4-7,9-10H2,1-3H3. The number of imidazole rings is 1. The third-order valence-electron chi connectivity index (χ3n) is 4.06. The number of hydrogen-bond donors (Lipinski definition) is 1. The highest BCUT2D eigenvalue weighted by Crippen LogP contribution is 2.29. The second kappa shape index (κ2) is 5.59. The van der Waals surface area contributed by atoms with E-state index in [4.69, 9.17) is 11.6 Å². The molecule has 1 aromatic rings. The van der Waals surface area contributed by atoms with Gasteiger partial charge in [0.15, 0.2) is 0 Å². The van der Waals surface area contributed by atoms with E-state index < -0.39 is 0 Å². The average molecular weight is 271 g/mol. The SMILES string of the molecule is CN1CCC(C)(CNCc2ncc(Cl)n2C)CC1. The van der Waals surface area contributed by atoms with Crippen LogP contribution in [0.2, 0.25) is 5.15 Å². The van der Waals surface area contributed by atoms with Crippen molar-refractivity contribution in [1.29, 1.82) is 0 Å². The van der Waals surface area contributed by atoms with Crippen molar-refractivity contribution in [2.45, 2.75) is 26.3 Å². The lowest BCUT2D eigenvalue weighted by Gasteiger charge is -2.38. The van der Waals surface area contributed by atoms with E-state index in [0.717, 1.165) is 18.9 Å². The lowest BCUT2D eigenvalue weighted by Crippen LogP contribution is -2.42. The van der Waals surface area contributed by atoms with Crippen LogP contribution in [-0.2, 0) is 13.6 Å². The Morgan fingerprint density at radius 3 is 2.61 bits per heavy atom. The van der Waals surface area contributed by atoms with Crippen LogP contribution in [0.5, 0.6) is 0 Å². The third-order valence-corrected chi connectivity index (χ3v) is 4.41. The van der Waals surface area contributed by atoms with Gasteiger partial charge in [0.1, 0.15) is 11.0 Å². The van der Waals surface area contributed by atoms with Gasteiger partial charge in [0.2, 0.25) is 0 Å². The summed E-state index contributed by atoms with van der Waals surface area (Å²) < 4.78 is 1.92. The van der Waals surface area contributed by atoms with Gasteiger partial charge in [-0.2, -0.15) is 0 Å². The van der Waals surface area contributed by atoms with Crippen molar-refractivity contribution in [2.24, 2.45) is 12.5 Å². The largest absolute Gasteiger partial charge is 0.321 e. The highest BCUT2D eigenvalue weighted by Gasteiger charge is 2.28. The molecular weight excluding hydrogens is 248 g/mol. The molecular formula is C13H23ClN4. The fourth-order valence-corrected chi connectivity index (χ4v) is 2.55. The molecule has 0 bridgehead atoms. The quantitative estimate of drug-likeness (QED) is 0.907. The van der Waals surface area contributed by atoms with Crippen molar-refractivity contribution < 1.29 is 0 Å². The topological polar surface area (TPSA) is 33.1 Å². The molecule has 18 heavy (non-hydrogen) atoms. The van der Waals surface area contributed by atoms with Crippen LogP contribution in [-0.4, -0.2) is 41.1 Å². The average Bonchev–Trinajstić information content (AvgIpc) is 2.65. The first-order valence-electron chi connectivity index (χ1n) is 6.55. The molecule has 0 unspecified atom stereocenters. The Hall–Kier alpha value is -0.580. The summed E-state index contributed by atoms with van der Waals surface area (Å²) in [5, 5.41) is 4.21. The Kier molecular flexibility index (Phi) is 4.30. The Balaban J connectivity index is 1.80. The molecule has 1 aromatic heterocycles. The number of halogens is 1. The summed E-state index contributed by atoms with van der Waals surface area (Å²) in [7, 11) is 4.15. The second-order valence-corrected chi connectivity index (χ2v) is 6.16. The monoisotopic (exact) mass is 270 g/mol. The van der Waals surface area contributed by atoms with Crippen molar-refractivity contribution in [3.05, 3.63) is 17.2 Å². The Morgan fingerprint density at radius 2 is 2.06 bits per heavy atom. The predicted molar refractivity (Wildman–Crippen MR) is 74.8 cm³/mol. The van der Waals surface area contributed by atoms with Crippen LogP contribution >= 0.6 is 11.6 Å². The number of likely N-dealkylation sites (tertiary alicyclic amines) is 1. The van der Waals surface area contributed by atoms with Crippen LogP contribution in [0.15, 0.2) is 6.20 Å². The molecule has 1 aliphatic rings. The van der Waals surface area contributed by atoms with Gasteiger partial charge >= 0.3 is 0 Å². The first-order valence-corrected chi connectivity index (χ1v) is 6.93. The molecule has 1 N–H and O–H groups in total. The fourth-order valence-electron chi connectivity index (χ4n) is 2.40. The van der Waals surface area contributed by atoms with E-state index >= 15 is 0 Å². The maximum Gasteiger partial charge on any atom is 0.128 e. The van der Waals surface area contributed by atoms with E-state index in [1.165, 1.54) is 25.9 Å². The van der Waals surface area contributed by atoms with Crippen molar-refractivity contribution in [3.63, 3.8) is 0 Å². The van der Waals surface area contributed by atoms with Gasteiger partial charge in [0.05, 0.1) is 12.7 Å². The molecule has 0 amide bonds. The molecule has 5 heteroatoms.